The number of ether oxygens (including phenoxy) is 2. The minimum absolute atomic E-state index is 0.250. The zero-order chi connectivity index (χ0) is 15.2. The molecule has 0 fully saturated rings. The molecule has 4 heteroatoms. The maximum atomic E-state index is 12.1. The summed E-state index contributed by atoms with van der Waals surface area (Å²) in [7, 11) is 0. The summed E-state index contributed by atoms with van der Waals surface area (Å²) < 4.78 is 10.1. The summed E-state index contributed by atoms with van der Waals surface area (Å²) in [5, 5.41) is 0. The monoisotopic (exact) mass is 286 g/mol. The Morgan fingerprint density at radius 3 is 1.71 bits per heavy atom. The number of hydrogen-bond donors (Lipinski definition) is 0. The molecule has 4 nitrogen and oxygen atoms in total. The Kier molecular flexibility index (Phi) is 4.93. The Labute approximate surface area is 124 Å². The summed E-state index contributed by atoms with van der Waals surface area (Å²) in [6.07, 6.45) is 11.7. The minimum Gasteiger partial charge on any atom is -0.462 e. The fourth-order valence-corrected chi connectivity index (χ4v) is 2.19. The second-order valence-corrected chi connectivity index (χ2v) is 4.60. The standard InChI is InChI=1S/C17H18O4/c1-3-20-16(18)14-10-12-7-5-6-8-13(9-12)11-15(14)17(19)21-4-2/h5-8,10-11H,3-4,9H2,1-2H3. The van der Waals surface area contributed by atoms with Gasteiger partial charge >= 0.3 is 11.9 Å². The molecule has 2 bridgehead atoms. The van der Waals surface area contributed by atoms with Crippen LogP contribution in [0.25, 0.3) is 0 Å². The Morgan fingerprint density at radius 1 is 0.905 bits per heavy atom. The van der Waals surface area contributed by atoms with E-state index in [0.29, 0.717) is 6.42 Å². The third-order valence-corrected chi connectivity index (χ3v) is 3.08. The predicted molar refractivity (Wildman–Crippen MR) is 79.4 cm³/mol. The lowest BCUT2D eigenvalue weighted by Crippen LogP contribution is -2.17. The normalized spacial score (nSPS) is 16.7. The van der Waals surface area contributed by atoms with E-state index in [2.05, 4.69) is 0 Å². The molecule has 0 unspecified atom stereocenters. The highest BCUT2D eigenvalue weighted by atomic mass is 16.5. The molecule has 2 aliphatic carbocycles. The SMILES string of the molecule is CCOC(=O)C1=CC2=CC=CC=C(C=C1C(=O)OCC)C2. The first kappa shape index (κ1) is 15.0. The predicted octanol–water partition coefficient (Wildman–Crippen LogP) is 2.79. The van der Waals surface area contributed by atoms with Gasteiger partial charge in [0, 0.05) is 0 Å². The van der Waals surface area contributed by atoms with Crippen molar-refractivity contribution in [3.8, 4) is 0 Å². The van der Waals surface area contributed by atoms with E-state index in [1.54, 1.807) is 26.0 Å². The first-order chi connectivity index (χ1) is 10.2. The number of esters is 2. The molecule has 2 aliphatic rings. The molecule has 0 saturated heterocycles. The minimum atomic E-state index is -0.506. The molecule has 0 saturated carbocycles. The summed E-state index contributed by atoms with van der Waals surface area (Å²) in [5.74, 6) is -1.01. The molecule has 0 amide bonds. The molecule has 110 valence electrons. The summed E-state index contributed by atoms with van der Waals surface area (Å²) in [6, 6.07) is 0. The third-order valence-electron chi connectivity index (χ3n) is 3.08. The van der Waals surface area contributed by atoms with Gasteiger partial charge in [0.25, 0.3) is 0 Å². The van der Waals surface area contributed by atoms with E-state index in [1.165, 1.54) is 0 Å². The van der Waals surface area contributed by atoms with Gasteiger partial charge in [-0.2, -0.15) is 0 Å². The molecule has 0 radical (unpaired) electrons. The Morgan fingerprint density at radius 2 is 1.33 bits per heavy atom. The van der Waals surface area contributed by atoms with E-state index >= 15 is 0 Å². The van der Waals surface area contributed by atoms with Gasteiger partial charge in [0.2, 0.25) is 0 Å². The van der Waals surface area contributed by atoms with Crippen LogP contribution < -0.4 is 0 Å². The smallest absolute Gasteiger partial charge is 0.339 e. The number of rotatable bonds is 4. The molecule has 0 aromatic heterocycles. The molecule has 0 N–H and O–H groups in total. The van der Waals surface area contributed by atoms with Crippen molar-refractivity contribution >= 4 is 11.9 Å². The van der Waals surface area contributed by atoms with E-state index < -0.39 is 11.9 Å². The van der Waals surface area contributed by atoms with Crippen molar-refractivity contribution in [2.75, 3.05) is 13.2 Å². The van der Waals surface area contributed by atoms with E-state index in [-0.39, 0.29) is 24.4 Å². The maximum Gasteiger partial charge on any atom is 0.339 e. The van der Waals surface area contributed by atoms with Crippen molar-refractivity contribution < 1.29 is 19.1 Å². The zero-order valence-corrected chi connectivity index (χ0v) is 12.2. The highest BCUT2D eigenvalue weighted by Gasteiger charge is 2.26. The van der Waals surface area contributed by atoms with Crippen molar-refractivity contribution in [3.63, 3.8) is 0 Å². The Hall–Kier alpha value is -2.36. The summed E-state index contributed by atoms with van der Waals surface area (Å²) in [5.41, 5.74) is 2.41. The fraction of sp³-hybridized carbons (Fsp3) is 0.294. The van der Waals surface area contributed by atoms with Crippen LogP contribution in [0.15, 0.2) is 58.7 Å². The fourth-order valence-electron chi connectivity index (χ4n) is 2.19. The van der Waals surface area contributed by atoms with Crippen LogP contribution >= 0.6 is 0 Å². The first-order valence-electron chi connectivity index (χ1n) is 7.00. The molecule has 0 heterocycles. The second-order valence-electron chi connectivity index (χ2n) is 4.60. The molecular weight excluding hydrogens is 268 g/mol. The lowest BCUT2D eigenvalue weighted by molar-refractivity contribution is -0.142. The zero-order valence-electron chi connectivity index (χ0n) is 12.2. The summed E-state index contributed by atoms with van der Waals surface area (Å²) >= 11 is 0. The van der Waals surface area contributed by atoms with Crippen LogP contribution in [0.4, 0.5) is 0 Å². The van der Waals surface area contributed by atoms with Crippen molar-refractivity contribution in [1.82, 2.24) is 0 Å². The van der Waals surface area contributed by atoms with Crippen LogP contribution in [0.1, 0.15) is 20.3 Å². The number of carbonyl (C=O) groups is 2. The number of allylic oxidation sites excluding steroid dienone is 8. The van der Waals surface area contributed by atoms with Crippen LogP contribution in [-0.2, 0) is 19.1 Å². The molecule has 0 atom stereocenters. The molecule has 0 aromatic rings. The summed E-state index contributed by atoms with van der Waals surface area (Å²) in [4.78, 5) is 24.3. The average Bonchev–Trinajstić information content (AvgIpc) is 2.79. The van der Waals surface area contributed by atoms with E-state index in [9.17, 15) is 9.59 Å². The van der Waals surface area contributed by atoms with Crippen molar-refractivity contribution in [3.05, 3.63) is 58.7 Å². The molecule has 2 rings (SSSR count). The van der Waals surface area contributed by atoms with E-state index in [4.69, 9.17) is 9.47 Å². The Bertz CT molecular complexity index is 548. The molecule has 0 spiro atoms. The van der Waals surface area contributed by atoms with Gasteiger partial charge in [-0.05, 0) is 43.6 Å². The number of hydrogen-bond acceptors (Lipinski definition) is 4. The van der Waals surface area contributed by atoms with Gasteiger partial charge in [-0.15, -0.1) is 0 Å². The lowest BCUT2D eigenvalue weighted by Gasteiger charge is -2.10. The molecule has 0 aromatic carbocycles. The van der Waals surface area contributed by atoms with Crippen LogP contribution in [0.5, 0.6) is 0 Å². The topological polar surface area (TPSA) is 52.6 Å². The third kappa shape index (κ3) is 3.60. The summed E-state index contributed by atoms with van der Waals surface area (Å²) in [6.45, 7) is 3.98. The van der Waals surface area contributed by atoms with Gasteiger partial charge in [0.05, 0.1) is 24.4 Å². The first-order valence-corrected chi connectivity index (χ1v) is 7.00. The second kappa shape index (κ2) is 6.88. The van der Waals surface area contributed by atoms with Crippen LogP contribution in [0, 0.1) is 0 Å². The van der Waals surface area contributed by atoms with Gasteiger partial charge in [0.15, 0.2) is 0 Å². The van der Waals surface area contributed by atoms with Crippen molar-refractivity contribution in [1.29, 1.82) is 0 Å². The lowest BCUT2D eigenvalue weighted by atomic mass is 10.0. The van der Waals surface area contributed by atoms with Crippen molar-refractivity contribution in [2.24, 2.45) is 0 Å². The van der Waals surface area contributed by atoms with Crippen LogP contribution in [-0.4, -0.2) is 25.2 Å². The van der Waals surface area contributed by atoms with E-state index in [1.807, 2.05) is 24.3 Å². The molecule has 21 heavy (non-hydrogen) atoms. The van der Waals surface area contributed by atoms with Gasteiger partial charge < -0.3 is 9.47 Å². The van der Waals surface area contributed by atoms with Gasteiger partial charge in [-0.1, -0.05) is 24.3 Å². The van der Waals surface area contributed by atoms with Crippen molar-refractivity contribution in [2.45, 2.75) is 20.3 Å². The molecular formula is C17H18O4. The largest absolute Gasteiger partial charge is 0.462 e. The Balaban J connectivity index is 2.49. The number of fused-ring (bicyclic) bond motifs is 2. The van der Waals surface area contributed by atoms with E-state index in [0.717, 1.165) is 11.1 Å². The van der Waals surface area contributed by atoms with Gasteiger partial charge in [-0.25, -0.2) is 9.59 Å². The molecule has 0 aliphatic heterocycles. The quantitative estimate of drug-likeness (QED) is 0.746. The van der Waals surface area contributed by atoms with Gasteiger partial charge in [-0.3, -0.25) is 0 Å². The average molecular weight is 286 g/mol. The number of carbonyl (C=O) groups excluding carboxylic acids is 2. The van der Waals surface area contributed by atoms with Gasteiger partial charge in [0.1, 0.15) is 0 Å². The highest BCUT2D eigenvalue weighted by Crippen LogP contribution is 2.28. The maximum absolute atomic E-state index is 12.1. The van der Waals surface area contributed by atoms with Crippen LogP contribution in [0.2, 0.25) is 0 Å². The highest BCUT2D eigenvalue weighted by molar-refractivity contribution is 6.08. The van der Waals surface area contributed by atoms with Crippen LogP contribution in [0.3, 0.4) is 0 Å².